The molecule has 2 aliphatic rings. The summed E-state index contributed by atoms with van der Waals surface area (Å²) in [6.45, 7) is 5.57. The first-order valence-corrected chi connectivity index (χ1v) is 12.1. The highest BCUT2D eigenvalue weighted by Gasteiger charge is 2.33. The number of aromatic nitrogens is 2. The first kappa shape index (κ1) is 23.2. The van der Waals surface area contributed by atoms with E-state index in [0.717, 1.165) is 54.1 Å². The van der Waals surface area contributed by atoms with E-state index >= 15 is 0 Å². The van der Waals surface area contributed by atoms with E-state index < -0.39 is 0 Å². The van der Waals surface area contributed by atoms with Crippen LogP contribution in [0.5, 0.6) is 11.6 Å². The molecule has 2 aliphatic heterocycles. The second-order valence-electron chi connectivity index (χ2n) is 8.76. The fraction of sp³-hybridized carbons (Fsp3) is 0.423. The minimum Gasteiger partial charge on any atom is -0.494 e. The quantitative estimate of drug-likeness (QED) is 0.526. The summed E-state index contributed by atoms with van der Waals surface area (Å²) in [6, 6.07) is 13.7. The van der Waals surface area contributed by atoms with Crippen LogP contribution in [0.4, 0.5) is 16.2 Å². The molecule has 1 N–H and O–H groups in total. The fourth-order valence-corrected chi connectivity index (χ4v) is 4.71. The van der Waals surface area contributed by atoms with Gasteiger partial charge in [0.15, 0.2) is 0 Å². The van der Waals surface area contributed by atoms with E-state index in [1.165, 1.54) is 0 Å². The van der Waals surface area contributed by atoms with Gasteiger partial charge in [-0.25, -0.2) is 9.78 Å². The Morgan fingerprint density at radius 2 is 1.91 bits per heavy atom. The SMILES string of the molecule is CCOc1ccc(N2CC(CNC3CCN(c4ccnc5ccc(OC)nc45)CC3)OC2=O)cc1. The Hall–Kier alpha value is -3.59. The lowest BCUT2D eigenvalue weighted by Gasteiger charge is -2.34. The molecule has 35 heavy (non-hydrogen) atoms. The number of fused-ring (bicyclic) bond motifs is 1. The molecule has 0 aliphatic carbocycles. The van der Waals surface area contributed by atoms with Crippen LogP contribution >= 0.6 is 0 Å². The highest BCUT2D eigenvalue weighted by atomic mass is 16.6. The second kappa shape index (κ2) is 10.4. The molecule has 5 rings (SSSR count). The van der Waals surface area contributed by atoms with Crippen LogP contribution in [0.3, 0.4) is 0 Å². The van der Waals surface area contributed by atoms with Crippen LogP contribution in [0, 0.1) is 0 Å². The molecule has 1 unspecified atom stereocenters. The number of carbonyl (C=O) groups is 1. The van der Waals surface area contributed by atoms with Gasteiger partial charge < -0.3 is 24.4 Å². The number of rotatable bonds is 8. The number of methoxy groups -OCH3 is 1. The number of nitrogens with zero attached hydrogens (tertiary/aromatic N) is 4. The second-order valence-corrected chi connectivity index (χ2v) is 8.76. The Morgan fingerprint density at radius 3 is 2.66 bits per heavy atom. The number of carbonyl (C=O) groups excluding carboxylic acids is 1. The maximum atomic E-state index is 12.4. The van der Waals surface area contributed by atoms with Gasteiger partial charge in [-0.2, -0.15) is 0 Å². The van der Waals surface area contributed by atoms with Crippen molar-refractivity contribution in [3.05, 3.63) is 48.7 Å². The molecule has 0 bridgehead atoms. The number of piperidine rings is 1. The van der Waals surface area contributed by atoms with E-state index in [-0.39, 0.29) is 12.2 Å². The Balaban J connectivity index is 1.13. The Morgan fingerprint density at radius 1 is 1.11 bits per heavy atom. The minimum absolute atomic E-state index is 0.173. The zero-order valence-electron chi connectivity index (χ0n) is 20.1. The maximum Gasteiger partial charge on any atom is 0.414 e. The molecule has 0 saturated carbocycles. The lowest BCUT2D eigenvalue weighted by atomic mass is 10.0. The summed E-state index contributed by atoms with van der Waals surface area (Å²) >= 11 is 0. The molecule has 2 saturated heterocycles. The maximum absolute atomic E-state index is 12.4. The van der Waals surface area contributed by atoms with Crippen molar-refractivity contribution in [1.82, 2.24) is 15.3 Å². The van der Waals surface area contributed by atoms with Gasteiger partial charge in [0.1, 0.15) is 17.4 Å². The molecule has 9 heteroatoms. The fourth-order valence-electron chi connectivity index (χ4n) is 4.71. The number of benzene rings is 1. The van der Waals surface area contributed by atoms with Gasteiger partial charge in [-0.05, 0) is 56.2 Å². The van der Waals surface area contributed by atoms with Crippen molar-refractivity contribution < 1.29 is 19.0 Å². The molecule has 0 spiro atoms. The topological polar surface area (TPSA) is 89.1 Å². The predicted octanol–water partition coefficient (Wildman–Crippen LogP) is 3.62. The van der Waals surface area contributed by atoms with Crippen LogP contribution in [0.25, 0.3) is 11.0 Å². The molecule has 4 heterocycles. The van der Waals surface area contributed by atoms with E-state index in [1.807, 2.05) is 55.6 Å². The van der Waals surface area contributed by atoms with Crippen LogP contribution < -0.4 is 24.6 Å². The average Bonchev–Trinajstić information content (AvgIpc) is 3.28. The van der Waals surface area contributed by atoms with Crippen LogP contribution in [-0.2, 0) is 4.74 Å². The summed E-state index contributed by atoms with van der Waals surface area (Å²) in [4.78, 5) is 25.5. The summed E-state index contributed by atoms with van der Waals surface area (Å²) in [5, 5.41) is 3.61. The van der Waals surface area contributed by atoms with Gasteiger partial charge in [-0.1, -0.05) is 0 Å². The highest BCUT2D eigenvalue weighted by Crippen LogP contribution is 2.28. The van der Waals surface area contributed by atoms with Crippen molar-refractivity contribution in [1.29, 1.82) is 0 Å². The average molecular weight is 478 g/mol. The van der Waals surface area contributed by atoms with Crippen molar-refractivity contribution in [2.45, 2.75) is 31.9 Å². The Kier molecular flexibility index (Phi) is 6.85. The van der Waals surface area contributed by atoms with Crippen LogP contribution in [0.15, 0.2) is 48.7 Å². The monoisotopic (exact) mass is 477 g/mol. The van der Waals surface area contributed by atoms with Gasteiger partial charge in [0, 0.05) is 43.6 Å². The summed E-state index contributed by atoms with van der Waals surface area (Å²) in [5.74, 6) is 1.39. The van der Waals surface area contributed by atoms with Crippen LogP contribution in [0.2, 0.25) is 0 Å². The molecule has 0 radical (unpaired) electrons. The standard InChI is InChI=1S/C26H31N5O4/c1-3-34-20-6-4-19(5-7-20)31-17-21(35-26(31)32)16-28-18-11-14-30(15-12-18)23-10-13-27-22-8-9-24(33-2)29-25(22)23/h4-10,13,18,21,28H,3,11-12,14-17H2,1-2H3. The van der Waals surface area contributed by atoms with Crippen molar-refractivity contribution in [2.75, 3.05) is 49.7 Å². The summed E-state index contributed by atoms with van der Waals surface area (Å²) in [7, 11) is 1.63. The molecule has 2 fully saturated rings. The first-order chi connectivity index (χ1) is 17.1. The molecular formula is C26H31N5O4. The van der Waals surface area contributed by atoms with Crippen molar-refractivity contribution in [2.24, 2.45) is 0 Å². The van der Waals surface area contributed by atoms with E-state index in [2.05, 4.69) is 20.2 Å². The van der Waals surface area contributed by atoms with Gasteiger partial charge in [-0.15, -0.1) is 0 Å². The van der Waals surface area contributed by atoms with Gasteiger partial charge in [0.2, 0.25) is 5.88 Å². The van der Waals surface area contributed by atoms with Gasteiger partial charge in [-0.3, -0.25) is 9.88 Å². The Labute approximate surface area is 205 Å². The number of nitrogens with one attached hydrogen (secondary N) is 1. The lowest BCUT2D eigenvalue weighted by Crippen LogP contribution is -2.45. The molecule has 1 aromatic carbocycles. The van der Waals surface area contributed by atoms with Crippen LogP contribution in [-0.4, -0.2) is 68.1 Å². The smallest absolute Gasteiger partial charge is 0.414 e. The zero-order chi connectivity index (χ0) is 24.2. The first-order valence-electron chi connectivity index (χ1n) is 12.1. The van der Waals surface area contributed by atoms with E-state index in [4.69, 9.17) is 14.2 Å². The number of pyridine rings is 2. The number of anilines is 2. The molecule has 184 valence electrons. The van der Waals surface area contributed by atoms with Gasteiger partial charge >= 0.3 is 6.09 Å². The lowest BCUT2D eigenvalue weighted by molar-refractivity contribution is 0.137. The van der Waals surface area contributed by atoms with Crippen molar-refractivity contribution in [3.8, 4) is 11.6 Å². The van der Waals surface area contributed by atoms with Crippen LogP contribution in [0.1, 0.15) is 19.8 Å². The highest BCUT2D eigenvalue weighted by molar-refractivity contribution is 5.90. The number of cyclic esters (lactones) is 1. The van der Waals surface area contributed by atoms with E-state index in [9.17, 15) is 4.79 Å². The molecular weight excluding hydrogens is 446 g/mol. The predicted molar refractivity (Wildman–Crippen MR) is 135 cm³/mol. The molecule has 1 atom stereocenters. The summed E-state index contributed by atoms with van der Waals surface area (Å²) < 4.78 is 16.4. The Bertz CT molecular complexity index is 1160. The summed E-state index contributed by atoms with van der Waals surface area (Å²) in [5.41, 5.74) is 3.64. The summed E-state index contributed by atoms with van der Waals surface area (Å²) in [6.07, 6.45) is 3.35. The number of hydrogen-bond acceptors (Lipinski definition) is 8. The minimum atomic E-state index is -0.303. The largest absolute Gasteiger partial charge is 0.494 e. The number of ether oxygens (including phenoxy) is 3. The molecule has 1 amide bonds. The van der Waals surface area contributed by atoms with E-state index in [0.29, 0.717) is 31.6 Å². The number of hydrogen-bond donors (Lipinski definition) is 1. The molecule has 2 aromatic heterocycles. The number of amides is 1. The molecule has 9 nitrogen and oxygen atoms in total. The van der Waals surface area contributed by atoms with Gasteiger partial charge in [0.05, 0.1) is 31.5 Å². The third-order valence-electron chi connectivity index (χ3n) is 6.55. The molecule has 3 aromatic rings. The third kappa shape index (κ3) is 5.09. The van der Waals surface area contributed by atoms with Crippen molar-refractivity contribution in [3.63, 3.8) is 0 Å². The normalized spacial score (nSPS) is 18.7. The zero-order valence-corrected chi connectivity index (χ0v) is 20.1. The third-order valence-corrected chi connectivity index (χ3v) is 6.55. The van der Waals surface area contributed by atoms with Crippen molar-refractivity contribution >= 4 is 28.5 Å². The van der Waals surface area contributed by atoms with E-state index in [1.54, 1.807) is 12.0 Å². The van der Waals surface area contributed by atoms with Gasteiger partial charge in [0.25, 0.3) is 0 Å².